The van der Waals surface area contributed by atoms with Gasteiger partial charge in [0.1, 0.15) is 0 Å². The summed E-state index contributed by atoms with van der Waals surface area (Å²) in [6.45, 7) is 0. The molecule has 0 radical (unpaired) electrons. The highest BCUT2D eigenvalue weighted by Crippen LogP contribution is 2.31. The molecule has 104 valence electrons. The van der Waals surface area contributed by atoms with E-state index in [9.17, 15) is 4.79 Å². The van der Waals surface area contributed by atoms with Gasteiger partial charge in [0.05, 0.1) is 24.8 Å². The Morgan fingerprint density at radius 2 is 1.80 bits per heavy atom. The van der Waals surface area contributed by atoms with Gasteiger partial charge >= 0.3 is 0 Å². The molecular formula is C15H14ClNO3. The largest absolute Gasteiger partial charge is 0.493 e. The van der Waals surface area contributed by atoms with E-state index in [1.54, 1.807) is 36.4 Å². The van der Waals surface area contributed by atoms with Crippen LogP contribution in [-0.4, -0.2) is 20.0 Å². The van der Waals surface area contributed by atoms with Gasteiger partial charge in [0.15, 0.2) is 17.3 Å². The Hall–Kier alpha value is -2.20. The highest BCUT2D eigenvalue weighted by atomic mass is 35.5. The fourth-order valence-corrected chi connectivity index (χ4v) is 2.17. The Balaban J connectivity index is 2.49. The number of ether oxygens (including phenoxy) is 2. The van der Waals surface area contributed by atoms with E-state index in [1.807, 2.05) is 0 Å². The summed E-state index contributed by atoms with van der Waals surface area (Å²) in [4.78, 5) is 12.5. The van der Waals surface area contributed by atoms with Crippen LogP contribution in [0.2, 0.25) is 5.02 Å². The van der Waals surface area contributed by atoms with Gasteiger partial charge in [-0.25, -0.2) is 0 Å². The van der Waals surface area contributed by atoms with Crippen molar-refractivity contribution in [3.63, 3.8) is 0 Å². The second kappa shape index (κ2) is 5.84. The average Bonchev–Trinajstić information content (AvgIpc) is 2.46. The number of carbonyl (C=O) groups is 1. The van der Waals surface area contributed by atoms with Gasteiger partial charge in [0.2, 0.25) is 0 Å². The van der Waals surface area contributed by atoms with Crippen LogP contribution in [0.1, 0.15) is 15.9 Å². The molecule has 2 rings (SSSR count). The van der Waals surface area contributed by atoms with E-state index < -0.39 is 0 Å². The molecule has 0 heterocycles. The van der Waals surface area contributed by atoms with Crippen LogP contribution >= 0.6 is 11.6 Å². The molecule has 20 heavy (non-hydrogen) atoms. The van der Waals surface area contributed by atoms with Gasteiger partial charge in [-0.3, -0.25) is 4.79 Å². The summed E-state index contributed by atoms with van der Waals surface area (Å²) in [6.07, 6.45) is 0. The van der Waals surface area contributed by atoms with E-state index in [0.717, 1.165) is 0 Å². The van der Waals surface area contributed by atoms with Crippen molar-refractivity contribution in [1.82, 2.24) is 0 Å². The maximum absolute atomic E-state index is 12.5. The SMILES string of the molecule is COc1ccc(C(=O)c2c(N)cccc2Cl)cc1OC. The third-order valence-corrected chi connectivity index (χ3v) is 3.23. The maximum Gasteiger partial charge on any atom is 0.196 e. The van der Waals surface area contributed by atoms with Crippen molar-refractivity contribution in [2.45, 2.75) is 0 Å². The second-order valence-electron chi connectivity index (χ2n) is 4.10. The van der Waals surface area contributed by atoms with E-state index in [2.05, 4.69) is 0 Å². The van der Waals surface area contributed by atoms with Crippen LogP contribution in [0.15, 0.2) is 36.4 Å². The van der Waals surface area contributed by atoms with Gasteiger partial charge in [-0.15, -0.1) is 0 Å². The zero-order chi connectivity index (χ0) is 14.7. The molecule has 0 aromatic heterocycles. The molecule has 2 aromatic rings. The van der Waals surface area contributed by atoms with Gasteiger partial charge in [0.25, 0.3) is 0 Å². The molecule has 0 saturated heterocycles. The normalized spacial score (nSPS) is 10.2. The van der Waals surface area contributed by atoms with Gasteiger partial charge in [-0.1, -0.05) is 17.7 Å². The number of halogens is 1. The number of benzene rings is 2. The lowest BCUT2D eigenvalue weighted by Crippen LogP contribution is -2.06. The maximum atomic E-state index is 12.5. The number of hydrogen-bond acceptors (Lipinski definition) is 4. The summed E-state index contributed by atoms with van der Waals surface area (Å²) in [5, 5.41) is 0.324. The van der Waals surface area contributed by atoms with Gasteiger partial charge in [-0.05, 0) is 30.3 Å². The number of nitrogen functional groups attached to an aromatic ring is 1. The summed E-state index contributed by atoms with van der Waals surface area (Å²) in [5.74, 6) is 0.772. The quantitative estimate of drug-likeness (QED) is 0.694. The number of hydrogen-bond donors (Lipinski definition) is 1. The predicted octanol–water partition coefficient (Wildman–Crippen LogP) is 3.17. The van der Waals surface area contributed by atoms with Crippen molar-refractivity contribution in [3.05, 3.63) is 52.5 Å². The van der Waals surface area contributed by atoms with E-state index in [0.29, 0.717) is 33.3 Å². The molecule has 0 atom stereocenters. The molecule has 4 nitrogen and oxygen atoms in total. The summed E-state index contributed by atoms with van der Waals surface area (Å²) in [5.41, 5.74) is 6.90. The molecule has 0 amide bonds. The first-order valence-corrected chi connectivity index (χ1v) is 6.27. The zero-order valence-electron chi connectivity index (χ0n) is 11.1. The molecular weight excluding hydrogens is 278 g/mol. The van der Waals surface area contributed by atoms with Crippen LogP contribution < -0.4 is 15.2 Å². The number of methoxy groups -OCH3 is 2. The van der Waals surface area contributed by atoms with Crippen molar-refractivity contribution in [2.24, 2.45) is 0 Å². The van der Waals surface area contributed by atoms with Gasteiger partial charge < -0.3 is 15.2 Å². The van der Waals surface area contributed by atoms with Crippen LogP contribution in [0, 0.1) is 0 Å². The Morgan fingerprint density at radius 1 is 1.10 bits per heavy atom. The van der Waals surface area contributed by atoms with Crippen LogP contribution in [0.4, 0.5) is 5.69 Å². The van der Waals surface area contributed by atoms with Gasteiger partial charge in [0, 0.05) is 11.3 Å². The van der Waals surface area contributed by atoms with E-state index in [-0.39, 0.29) is 5.78 Å². The van der Waals surface area contributed by atoms with Crippen molar-refractivity contribution in [3.8, 4) is 11.5 Å². The van der Waals surface area contributed by atoms with Gasteiger partial charge in [-0.2, -0.15) is 0 Å². The molecule has 5 heteroatoms. The number of rotatable bonds is 4. The monoisotopic (exact) mass is 291 g/mol. The second-order valence-corrected chi connectivity index (χ2v) is 4.51. The third kappa shape index (κ3) is 2.56. The van der Waals surface area contributed by atoms with Crippen LogP contribution in [-0.2, 0) is 0 Å². The smallest absolute Gasteiger partial charge is 0.196 e. The Labute approximate surface area is 122 Å². The minimum absolute atomic E-state index is 0.256. The van der Waals surface area contributed by atoms with E-state index in [1.165, 1.54) is 14.2 Å². The molecule has 0 saturated carbocycles. The van der Waals surface area contributed by atoms with Crippen LogP contribution in [0.25, 0.3) is 0 Å². The molecule has 0 fully saturated rings. The highest BCUT2D eigenvalue weighted by Gasteiger charge is 2.17. The first-order chi connectivity index (χ1) is 9.58. The van der Waals surface area contributed by atoms with Crippen molar-refractivity contribution in [1.29, 1.82) is 0 Å². The summed E-state index contributed by atoms with van der Waals surface area (Å²) in [7, 11) is 3.04. The van der Waals surface area contributed by atoms with Crippen molar-refractivity contribution in [2.75, 3.05) is 20.0 Å². The first kappa shape index (κ1) is 14.2. The number of anilines is 1. The Morgan fingerprint density at radius 3 is 2.40 bits per heavy atom. The molecule has 2 N–H and O–H groups in total. The molecule has 0 unspecified atom stereocenters. The molecule has 0 aliphatic heterocycles. The van der Waals surface area contributed by atoms with Crippen LogP contribution in [0.5, 0.6) is 11.5 Å². The molecule has 0 aliphatic carbocycles. The van der Waals surface area contributed by atoms with E-state index in [4.69, 9.17) is 26.8 Å². The number of ketones is 1. The average molecular weight is 292 g/mol. The fraction of sp³-hybridized carbons (Fsp3) is 0.133. The Kier molecular flexibility index (Phi) is 4.15. The lowest BCUT2D eigenvalue weighted by atomic mass is 10.0. The minimum atomic E-state index is -0.256. The standard InChI is InChI=1S/C15H14ClNO3/c1-19-12-7-6-9(8-13(12)20-2)15(18)14-10(16)4-3-5-11(14)17/h3-8H,17H2,1-2H3. The summed E-state index contributed by atoms with van der Waals surface area (Å²) in [6, 6.07) is 9.88. The van der Waals surface area contributed by atoms with E-state index >= 15 is 0 Å². The van der Waals surface area contributed by atoms with Crippen LogP contribution in [0.3, 0.4) is 0 Å². The molecule has 0 bridgehead atoms. The Bertz CT molecular complexity index is 635. The fourth-order valence-electron chi connectivity index (χ4n) is 1.90. The van der Waals surface area contributed by atoms with Crippen molar-refractivity contribution < 1.29 is 14.3 Å². The predicted molar refractivity (Wildman–Crippen MR) is 78.8 cm³/mol. The topological polar surface area (TPSA) is 61.5 Å². The highest BCUT2D eigenvalue weighted by molar-refractivity contribution is 6.35. The minimum Gasteiger partial charge on any atom is -0.493 e. The first-order valence-electron chi connectivity index (χ1n) is 5.89. The summed E-state index contributed by atoms with van der Waals surface area (Å²) >= 11 is 6.05. The lowest BCUT2D eigenvalue weighted by Gasteiger charge is -2.10. The molecule has 0 aliphatic rings. The molecule has 0 spiro atoms. The van der Waals surface area contributed by atoms with Crippen molar-refractivity contribution >= 4 is 23.1 Å². The number of nitrogens with two attached hydrogens (primary N) is 1. The summed E-state index contributed by atoms with van der Waals surface area (Å²) < 4.78 is 10.3. The molecule has 2 aromatic carbocycles. The zero-order valence-corrected chi connectivity index (χ0v) is 11.9. The number of carbonyl (C=O) groups excluding carboxylic acids is 1. The third-order valence-electron chi connectivity index (χ3n) is 2.92. The lowest BCUT2D eigenvalue weighted by molar-refractivity contribution is 0.103.